The van der Waals surface area contributed by atoms with Crippen LogP contribution in [0, 0.1) is 5.92 Å². The van der Waals surface area contributed by atoms with Gasteiger partial charge in [-0.05, 0) is 32.2 Å². The van der Waals surface area contributed by atoms with Gasteiger partial charge in [-0.2, -0.15) is 0 Å². The summed E-state index contributed by atoms with van der Waals surface area (Å²) in [5.41, 5.74) is -0.312. The number of amides is 1. The minimum Gasteiger partial charge on any atom is -0.354 e. The van der Waals surface area contributed by atoms with Crippen molar-refractivity contribution in [1.82, 2.24) is 10.6 Å². The van der Waals surface area contributed by atoms with E-state index < -0.39 is 0 Å². The highest BCUT2D eigenvalue weighted by Gasteiger charge is 2.35. The smallest absolute Gasteiger partial charge is 0.240 e. The lowest BCUT2D eigenvalue weighted by Gasteiger charge is -2.24. The normalized spacial score (nSPS) is 28.8. The van der Waals surface area contributed by atoms with Gasteiger partial charge in [0, 0.05) is 6.54 Å². The van der Waals surface area contributed by atoms with Crippen molar-refractivity contribution in [3.63, 3.8) is 0 Å². The molecule has 3 nitrogen and oxygen atoms in total. The molecular formula is C11H22N2O. The zero-order valence-electron chi connectivity index (χ0n) is 9.52. The van der Waals surface area contributed by atoms with E-state index >= 15 is 0 Å². The monoisotopic (exact) mass is 198 g/mol. The number of rotatable bonds is 4. The third kappa shape index (κ3) is 2.71. The van der Waals surface area contributed by atoms with Crippen LogP contribution in [0.5, 0.6) is 0 Å². The van der Waals surface area contributed by atoms with E-state index in [0.29, 0.717) is 5.92 Å². The van der Waals surface area contributed by atoms with Crippen LogP contribution >= 0.6 is 0 Å². The zero-order valence-corrected chi connectivity index (χ0v) is 9.52. The van der Waals surface area contributed by atoms with Gasteiger partial charge in [-0.15, -0.1) is 0 Å². The van der Waals surface area contributed by atoms with Crippen LogP contribution in [0.3, 0.4) is 0 Å². The van der Waals surface area contributed by atoms with E-state index in [4.69, 9.17) is 0 Å². The molecule has 82 valence electrons. The number of carbonyl (C=O) groups excluding carboxylic acids is 1. The second-order valence-corrected chi connectivity index (χ2v) is 4.59. The second kappa shape index (κ2) is 4.78. The van der Waals surface area contributed by atoms with Gasteiger partial charge in [-0.25, -0.2) is 0 Å². The molecule has 0 aromatic heterocycles. The highest BCUT2D eigenvalue weighted by molar-refractivity contribution is 5.86. The van der Waals surface area contributed by atoms with Gasteiger partial charge in [0.15, 0.2) is 0 Å². The van der Waals surface area contributed by atoms with Crippen LogP contribution in [-0.2, 0) is 4.79 Å². The summed E-state index contributed by atoms with van der Waals surface area (Å²) in [6.45, 7) is 8.06. The van der Waals surface area contributed by atoms with Gasteiger partial charge >= 0.3 is 0 Å². The summed E-state index contributed by atoms with van der Waals surface area (Å²) in [4.78, 5) is 11.8. The molecule has 0 spiro atoms. The standard InChI is InChI=1S/C11H22N2O/c1-4-9(2)8-12-10(14)11(3)6-5-7-13-11/h9,13H,4-8H2,1-3H3,(H,12,14). The molecule has 2 atom stereocenters. The van der Waals surface area contributed by atoms with Crippen molar-refractivity contribution in [3.8, 4) is 0 Å². The molecule has 0 aliphatic carbocycles. The summed E-state index contributed by atoms with van der Waals surface area (Å²) in [7, 11) is 0. The first kappa shape index (κ1) is 11.5. The van der Waals surface area contributed by atoms with Crippen LogP contribution in [0.25, 0.3) is 0 Å². The van der Waals surface area contributed by atoms with Crippen LogP contribution < -0.4 is 10.6 Å². The molecular weight excluding hydrogens is 176 g/mol. The molecule has 1 rings (SSSR count). The molecule has 0 bridgehead atoms. The van der Waals surface area contributed by atoms with Gasteiger partial charge < -0.3 is 10.6 Å². The number of carbonyl (C=O) groups is 1. The lowest BCUT2D eigenvalue weighted by molar-refractivity contribution is -0.126. The van der Waals surface area contributed by atoms with Crippen LogP contribution in [0.1, 0.15) is 40.0 Å². The summed E-state index contributed by atoms with van der Waals surface area (Å²) < 4.78 is 0. The molecule has 0 aromatic rings. The average molecular weight is 198 g/mol. The molecule has 14 heavy (non-hydrogen) atoms. The fourth-order valence-corrected chi connectivity index (χ4v) is 1.69. The molecule has 3 heteroatoms. The van der Waals surface area contributed by atoms with Crippen molar-refractivity contribution in [2.45, 2.75) is 45.6 Å². The summed E-state index contributed by atoms with van der Waals surface area (Å²) >= 11 is 0. The maximum absolute atomic E-state index is 11.8. The molecule has 2 N–H and O–H groups in total. The molecule has 0 aromatic carbocycles. The van der Waals surface area contributed by atoms with Crippen LogP contribution in [-0.4, -0.2) is 24.5 Å². The fraction of sp³-hybridized carbons (Fsp3) is 0.909. The van der Waals surface area contributed by atoms with Gasteiger partial charge in [0.1, 0.15) is 0 Å². The van der Waals surface area contributed by atoms with Crippen molar-refractivity contribution in [1.29, 1.82) is 0 Å². The molecule has 1 fully saturated rings. The summed E-state index contributed by atoms with van der Waals surface area (Å²) in [6, 6.07) is 0. The minimum atomic E-state index is -0.312. The quantitative estimate of drug-likeness (QED) is 0.714. The van der Waals surface area contributed by atoms with E-state index in [1.54, 1.807) is 0 Å². The molecule has 1 aliphatic heterocycles. The summed E-state index contributed by atoms with van der Waals surface area (Å²) in [5.74, 6) is 0.735. The van der Waals surface area contributed by atoms with E-state index in [-0.39, 0.29) is 11.4 Å². The van der Waals surface area contributed by atoms with Crippen molar-refractivity contribution >= 4 is 5.91 Å². The number of hydrogen-bond acceptors (Lipinski definition) is 2. The van der Waals surface area contributed by atoms with Gasteiger partial charge in [0.05, 0.1) is 5.54 Å². The largest absolute Gasteiger partial charge is 0.354 e. The third-order valence-corrected chi connectivity index (χ3v) is 3.18. The Kier molecular flexibility index (Phi) is 3.93. The van der Waals surface area contributed by atoms with Gasteiger partial charge in [-0.1, -0.05) is 20.3 Å². The van der Waals surface area contributed by atoms with Crippen LogP contribution in [0.15, 0.2) is 0 Å². The fourth-order valence-electron chi connectivity index (χ4n) is 1.69. The first-order chi connectivity index (χ1) is 6.58. The Morgan fingerprint density at radius 1 is 1.64 bits per heavy atom. The zero-order chi connectivity index (χ0) is 10.6. The lowest BCUT2D eigenvalue weighted by Crippen LogP contribution is -2.51. The first-order valence-electron chi connectivity index (χ1n) is 5.62. The van der Waals surface area contributed by atoms with Crippen molar-refractivity contribution < 1.29 is 4.79 Å². The summed E-state index contributed by atoms with van der Waals surface area (Å²) in [6.07, 6.45) is 3.18. The molecule has 1 heterocycles. The Bertz CT molecular complexity index is 197. The Balaban J connectivity index is 2.34. The second-order valence-electron chi connectivity index (χ2n) is 4.59. The molecule has 1 aliphatic rings. The van der Waals surface area contributed by atoms with Crippen LogP contribution in [0.2, 0.25) is 0 Å². The minimum absolute atomic E-state index is 0.162. The lowest BCUT2D eigenvalue weighted by atomic mass is 9.99. The Labute approximate surface area is 86.6 Å². The van der Waals surface area contributed by atoms with E-state index in [9.17, 15) is 4.79 Å². The Morgan fingerprint density at radius 3 is 2.86 bits per heavy atom. The highest BCUT2D eigenvalue weighted by atomic mass is 16.2. The predicted molar refractivity (Wildman–Crippen MR) is 58.1 cm³/mol. The maximum atomic E-state index is 11.8. The van der Waals surface area contributed by atoms with Crippen molar-refractivity contribution in [2.75, 3.05) is 13.1 Å². The Hall–Kier alpha value is -0.570. The van der Waals surface area contributed by atoms with E-state index in [2.05, 4.69) is 24.5 Å². The maximum Gasteiger partial charge on any atom is 0.240 e. The molecule has 1 amide bonds. The SMILES string of the molecule is CCC(C)CNC(=O)C1(C)CCCN1. The molecule has 0 saturated carbocycles. The molecule has 0 radical (unpaired) electrons. The number of hydrogen-bond donors (Lipinski definition) is 2. The van der Waals surface area contributed by atoms with Gasteiger partial charge in [0.25, 0.3) is 0 Å². The van der Waals surface area contributed by atoms with Gasteiger partial charge in [-0.3, -0.25) is 4.79 Å². The Morgan fingerprint density at radius 2 is 2.36 bits per heavy atom. The van der Waals surface area contributed by atoms with Gasteiger partial charge in [0.2, 0.25) is 5.91 Å². The van der Waals surface area contributed by atoms with E-state index in [1.807, 2.05) is 6.92 Å². The van der Waals surface area contributed by atoms with Crippen LogP contribution in [0.4, 0.5) is 0 Å². The third-order valence-electron chi connectivity index (χ3n) is 3.18. The van der Waals surface area contributed by atoms with Crippen molar-refractivity contribution in [2.24, 2.45) is 5.92 Å². The van der Waals surface area contributed by atoms with Crippen molar-refractivity contribution in [3.05, 3.63) is 0 Å². The van der Waals surface area contributed by atoms with E-state index in [0.717, 1.165) is 32.4 Å². The predicted octanol–water partition coefficient (Wildman–Crippen LogP) is 1.29. The number of nitrogens with one attached hydrogen (secondary N) is 2. The molecule has 1 saturated heterocycles. The average Bonchev–Trinajstić information content (AvgIpc) is 2.62. The summed E-state index contributed by atoms with van der Waals surface area (Å²) in [5, 5.41) is 6.28. The topological polar surface area (TPSA) is 41.1 Å². The highest BCUT2D eigenvalue weighted by Crippen LogP contribution is 2.18. The first-order valence-corrected chi connectivity index (χ1v) is 5.62. The molecule has 2 unspecified atom stereocenters. The van der Waals surface area contributed by atoms with E-state index in [1.165, 1.54) is 0 Å².